The molecule has 0 saturated carbocycles. The number of carbonyl (C=O) groups is 1. The van der Waals surface area contributed by atoms with Gasteiger partial charge in [-0.05, 0) is 92.9 Å². The van der Waals surface area contributed by atoms with E-state index in [0.29, 0.717) is 50.4 Å². The molecule has 1 N–H and O–H groups in total. The second kappa shape index (κ2) is 12.9. The molecule has 0 saturated heterocycles. The number of aliphatic carboxylic acids is 1. The van der Waals surface area contributed by atoms with Gasteiger partial charge in [0.1, 0.15) is 34.6 Å². The molecule has 1 heterocycles. The van der Waals surface area contributed by atoms with Crippen LogP contribution in [0.4, 0.5) is 13.2 Å². The third kappa shape index (κ3) is 8.62. The summed E-state index contributed by atoms with van der Waals surface area (Å²) in [6.45, 7) is 5.27. The van der Waals surface area contributed by atoms with E-state index < -0.39 is 18.9 Å². The first-order valence-electron chi connectivity index (χ1n) is 12.7. The lowest BCUT2D eigenvalue weighted by Crippen LogP contribution is -2.12. The summed E-state index contributed by atoms with van der Waals surface area (Å²) in [6.07, 6.45) is 1.66. The number of alkyl halides is 3. The molecule has 0 amide bonds. The van der Waals surface area contributed by atoms with Gasteiger partial charge in [-0.3, -0.25) is 0 Å². The van der Waals surface area contributed by atoms with E-state index in [1.165, 1.54) is 23.5 Å². The summed E-state index contributed by atoms with van der Waals surface area (Å²) in [5.41, 5.74) is 2.60. The van der Waals surface area contributed by atoms with Crippen molar-refractivity contribution < 1.29 is 42.0 Å². The highest BCUT2D eigenvalue weighted by Gasteiger charge is 2.32. The number of benzene rings is 2. The Morgan fingerprint density at radius 2 is 1.83 bits per heavy atom. The molecule has 0 unspecified atom stereocenters. The highest BCUT2D eigenvalue weighted by Crippen LogP contribution is 2.38. The Hall–Kier alpha value is -4.25. The van der Waals surface area contributed by atoms with Crippen molar-refractivity contribution in [3.63, 3.8) is 0 Å². The lowest BCUT2D eigenvalue weighted by molar-refractivity contribution is -0.303. The average Bonchev–Trinajstić information content (AvgIpc) is 3.18. The Morgan fingerprint density at radius 3 is 2.49 bits per heavy atom. The van der Waals surface area contributed by atoms with Crippen LogP contribution in [0.25, 0.3) is 16.8 Å². The number of carboxylic acids is 1. The number of allylic oxidation sites excluding steroid dienone is 5. The van der Waals surface area contributed by atoms with Gasteiger partial charge in [0.05, 0.1) is 16.7 Å². The second-order valence-corrected chi connectivity index (χ2v) is 10.4. The predicted octanol–water partition coefficient (Wildman–Crippen LogP) is 7.71. The molecule has 0 radical (unpaired) electrons. The van der Waals surface area contributed by atoms with Gasteiger partial charge in [0.15, 0.2) is 6.61 Å². The van der Waals surface area contributed by atoms with E-state index in [0.717, 1.165) is 5.56 Å². The van der Waals surface area contributed by atoms with E-state index in [1.807, 2.05) is 44.2 Å². The van der Waals surface area contributed by atoms with Crippen LogP contribution in [0.2, 0.25) is 0 Å². The van der Waals surface area contributed by atoms with Crippen molar-refractivity contribution in [1.82, 2.24) is 4.98 Å². The summed E-state index contributed by atoms with van der Waals surface area (Å²) in [5.74, 6) is 0.251. The molecule has 1 aromatic heterocycles. The molecule has 3 aromatic rings. The minimum absolute atomic E-state index is 0.00158. The summed E-state index contributed by atoms with van der Waals surface area (Å²) in [5, 5.41) is 9.43. The number of hydrogen-bond acceptors (Lipinski definition) is 7. The standard InChI is InChI=1S/C30H28F3NO6S/c1-18(2)39-22-10-8-20(9-11-22)28-29(21-6-4-5-7-24(15-21)40-30(31,32)33)41-26(34-28)16-37-23-12-13-25(19(3)14-23)38-17-27(35)36/h5-15,18H,4,16-17H2,1-3H3,(H,35,36). The van der Waals surface area contributed by atoms with Crippen LogP contribution >= 0.6 is 11.3 Å². The van der Waals surface area contributed by atoms with Gasteiger partial charge in [-0.1, -0.05) is 12.2 Å². The minimum atomic E-state index is -4.82. The maximum Gasteiger partial charge on any atom is 0.573 e. The molecule has 4 rings (SSSR count). The molecule has 0 fully saturated rings. The molecule has 7 nitrogen and oxygen atoms in total. The van der Waals surface area contributed by atoms with Gasteiger partial charge in [-0.2, -0.15) is 0 Å². The number of ether oxygens (including phenoxy) is 4. The number of halogens is 3. The van der Waals surface area contributed by atoms with Crippen molar-refractivity contribution in [3.05, 3.63) is 88.0 Å². The van der Waals surface area contributed by atoms with Gasteiger partial charge in [-0.25, -0.2) is 9.78 Å². The van der Waals surface area contributed by atoms with Crippen LogP contribution in [0.15, 0.2) is 72.5 Å². The third-order valence-corrected chi connectivity index (χ3v) is 6.66. The van der Waals surface area contributed by atoms with Crippen molar-refractivity contribution in [2.45, 2.75) is 46.3 Å². The fraction of sp³-hybridized carbons (Fsp3) is 0.267. The summed E-state index contributed by atoms with van der Waals surface area (Å²) in [4.78, 5) is 16.2. The van der Waals surface area contributed by atoms with Crippen LogP contribution in [0.5, 0.6) is 17.2 Å². The normalized spacial score (nSPS) is 13.3. The lowest BCUT2D eigenvalue weighted by atomic mass is 10.1. The molecule has 216 valence electrons. The van der Waals surface area contributed by atoms with E-state index in [1.54, 1.807) is 31.2 Å². The number of hydrogen-bond donors (Lipinski definition) is 1. The van der Waals surface area contributed by atoms with Crippen LogP contribution in [0.3, 0.4) is 0 Å². The zero-order chi connectivity index (χ0) is 29.6. The van der Waals surface area contributed by atoms with E-state index in [9.17, 15) is 18.0 Å². The van der Waals surface area contributed by atoms with Gasteiger partial charge >= 0.3 is 12.3 Å². The quantitative estimate of drug-likeness (QED) is 0.246. The van der Waals surface area contributed by atoms with Crippen LogP contribution in [0, 0.1) is 6.92 Å². The van der Waals surface area contributed by atoms with Crippen molar-refractivity contribution in [3.8, 4) is 28.5 Å². The first-order valence-corrected chi connectivity index (χ1v) is 13.5. The fourth-order valence-electron chi connectivity index (χ4n) is 3.93. The second-order valence-electron chi connectivity index (χ2n) is 9.27. The molecular weight excluding hydrogens is 559 g/mol. The zero-order valence-corrected chi connectivity index (χ0v) is 23.3. The van der Waals surface area contributed by atoms with Gasteiger partial charge in [0, 0.05) is 5.56 Å². The number of carboxylic acid groups (broad SMARTS) is 1. The molecule has 11 heteroatoms. The third-order valence-electron chi connectivity index (χ3n) is 5.58. The van der Waals surface area contributed by atoms with Crippen molar-refractivity contribution in [2.24, 2.45) is 0 Å². The number of thiazole rings is 1. The zero-order valence-electron chi connectivity index (χ0n) is 22.5. The van der Waals surface area contributed by atoms with Crippen molar-refractivity contribution >= 4 is 22.9 Å². The molecule has 0 spiro atoms. The maximum absolute atomic E-state index is 13.0. The highest BCUT2D eigenvalue weighted by atomic mass is 32.1. The summed E-state index contributed by atoms with van der Waals surface area (Å²) < 4.78 is 60.1. The number of aryl methyl sites for hydroxylation is 1. The first-order chi connectivity index (χ1) is 19.5. The molecule has 0 atom stereocenters. The molecule has 0 aliphatic heterocycles. The number of nitrogens with zero attached hydrogens (tertiary/aromatic N) is 1. The fourth-order valence-corrected chi connectivity index (χ4v) is 4.94. The predicted molar refractivity (Wildman–Crippen MR) is 149 cm³/mol. The van der Waals surface area contributed by atoms with Crippen LogP contribution in [0.1, 0.15) is 35.7 Å². The Kier molecular flexibility index (Phi) is 9.38. The SMILES string of the molecule is Cc1cc(OCc2nc(-c3ccc(OC(C)C)cc3)c(C3=CCC=CC(OC(F)(F)F)=C3)s2)ccc1OCC(=O)O. The van der Waals surface area contributed by atoms with Crippen LogP contribution in [-0.2, 0) is 16.1 Å². The molecule has 2 aromatic carbocycles. The smallest absolute Gasteiger partial charge is 0.491 e. The van der Waals surface area contributed by atoms with E-state index in [2.05, 4.69) is 4.74 Å². The molecular formula is C30H28F3NO6S. The van der Waals surface area contributed by atoms with E-state index in [-0.39, 0.29) is 18.5 Å². The Morgan fingerprint density at radius 1 is 1.10 bits per heavy atom. The maximum atomic E-state index is 13.0. The van der Waals surface area contributed by atoms with Gasteiger partial charge in [0.25, 0.3) is 0 Å². The largest absolute Gasteiger partial charge is 0.573 e. The topological polar surface area (TPSA) is 87.1 Å². The van der Waals surface area contributed by atoms with Gasteiger partial charge < -0.3 is 24.1 Å². The Labute approximate surface area is 239 Å². The molecule has 1 aliphatic carbocycles. The average molecular weight is 588 g/mol. The summed E-state index contributed by atoms with van der Waals surface area (Å²) >= 11 is 1.31. The molecule has 41 heavy (non-hydrogen) atoms. The molecule has 1 aliphatic rings. The van der Waals surface area contributed by atoms with Crippen molar-refractivity contribution in [2.75, 3.05) is 6.61 Å². The lowest BCUT2D eigenvalue weighted by Gasteiger charge is -2.11. The Bertz CT molecular complexity index is 1470. The monoisotopic (exact) mass is 587 g/mol. The van der Waals surface area contributed by atoms with Gasteiger partial charge in [-0.15, -0.1) is 24.5 Å². The Balaban J connectivity index is 1.63. The summed E-state index contributed by atoms with van der Waals surface area (Å²) in [6, 6.07) is 12.4. The van der Waals surface area contributed by atoms with E-state index in [4.69, 9.17) is 24.3 Å². The summed E-state index contributed by atoms with van der Waals surface area (Å²) in [7, 11) is 0. The van der Waals surface area contributed by atoms with Crippen LogP contribution in [-0.4, -0.2) is 35.1 Å². The first kappa shape index (κ1) is 29.7. The highest BCUT2D eigenvalue weighted by molar-refractivity contribution is 7.13. The number of aromatic nitrogens is 1. The van der Waals surface area contributed by atoms with Gasteiger partial charge in [0.2, 0.25) is 0 Å². The minimum Gasteiger partial charge on any atom is -0.491 e. The van der Waals surface area contributed by atoms with E-state index >= 15 is 0 Å². The number of rotatable bonds is 11. The van der Waals surface area contributed by atoms with Crippen LogP contribution < -0.4 is 14.2 Å². The van der Waals surface area contributed by atoms with Crippen molar-refractivity contribution in [1.29, 1.82) is 0 Å². The molecule has 0 bridgehead atoms.